The molecule has 0 heterocycles. The first-order valence-corrected chi connectivity index (χ1v) is 11.9. The highest BCUT2D eigenvalue weighted by Gasteiger charge is 2.28. The minimum atomic E-state index is -4.07. The number of carbonyl (C=O) groups is 2. The van der Waals surface area contributed by atoms with E-state index in [9.17, 15) is 29.2 Å². The van der Waals surface area contributed by atoms with Crippen LogP contribution in [-0.4, -0.2) is 40.1 Å². The third kappa shape index (κ3) is 9.58. The molecule has 2 aromatic carbocycles. The van der Waals surface area contributed by atoms with E-state index in [-0.39, 0.29) is 25.3 Å². The number of nitro benzene ring substituents is 1. The number of nitrogens with zero attached hydrogens (tertiary/aromatic N) is 1. The predicted octanol–water partition coefficient (Wildman–Crippen LogP) is 3.72. The molecule has 0 aliphatic heterocycles. The van der Waals surface area contributed by atoms with Gasteiger partial charge in [-0.1, -0.05) is 41.9 Å². The van der Waals surface area contributed by atoms with E-state index in [1.165, 1.54) is 24.3 Å². The molecule has 2 N–H and O–H groups in total. The Morgan fingerprint density at radius 1 is 1.06 bits per heavy atom. The zero-order valence-electron chi connectivity index (χ0n) is 17.3. The quantitative estimate of drug-likeness (QED) is 0.146. The summed E-state index contributed by atoms with van der Waals surface area (Å²) in [6, 6.07) is 12.4. The standard InChI is InChI=1S/C20H22ClN2O9P/c21-14-32-33(28,29)11-10-18(19(24)30-12-15-4-2-1-3-5-15)22-20(25)31-13-16-6-8-17(9-7-16)23(26)27/h1-9,18H,10-14H2,(H,22,25)(H,28,29). The molecule has 13 heteroatoms. The van der Waals surface area contributed by atoms with Gasteiger partial charge >= 0.3 is 19.7 Å². The number of alkyl halides is 1. The van der Waals surface area contributed by atoms with Crippen LogP contribution < -0.4 is 5.32 Å². The van der Waals surface area contributed by atoms with E-state index in [2.05, 4.69) is 9.84 Å². The number of hydrogen-bond acceptors (Lipinski definition) is 8. The fourth-order valence-corrected chi connectivity index (χ4v) is 3.88. The van der Waals surface area contributed by atoms with Gasteiger partial charge in [-0.15, -0.1) is 0 Å². The average molecular weight is 501 g/mol. The number of benzene rings is 2. The average Bonchev–Trinajstić information content (AvgIpc) is 2.79. The number of hydrogen-bond donors (Lipinski definition) is 2. The lowest BCUT2D eigenvalue weighted by Crippen LogP contribution is -2.42. The summed E-state index contributed by atoms with van der Waals surface area (Å²) in [5.74, 6) is -0.836. The second kappa shape index (κ2) is 12.9. The lowest BCUT2D eigenvalue weighted by molar-refractivity contribution is -0.384. The number of nitro groups is 1. The molecule has 2 aromatic rings. The Morgan fingerprint density at radius 3 is 2.27 bits per heavy atom. The lowest BCUT2D eigenvalue weighted by Gasteiger charge is -2.19. The highest BCUT2D eigenvalue weighted by molar-refractivity contribution is 7.52. The van der Waals surface area contributed by atoms with E-state index in [1.807, 2.05) is 0 Å². The molecule has 0 saturated heterocycles. The minimum Gasteiger partial charge on any atom is -0.459 e. The normalized spacial score (nSPS) is 13.4. The highest BCUT2D eigenvalue weighted by atomic mass is 35.5. The smallest absolute Gasteiger partial charge is 0.408 e. The van der Waals surface area contributed by atoms with Gasteiger partial charge in [-0.2, -0.15) is 0 Å². The van der Waals surface area contributed by atoms with Gasteiger partial charge in [0.25, 0.3) is 5.69 Å². The van der Waals surface area contributed by atoms with Crippen LogP contribution in [0.5, 0.6) is 0 Å². The molecule has 178 valence electrons. The van der Waals surface area contributed by atoms with E-state index >= 15 is 0 Å². The van der Waals surface area contributed by atoms with Gasteiger partial charge in [-0.05, 0) is 29.7 Å². The summed E-state index contributed by atoms with van der Waals surface area (Å²) >= 11 is 5.32. The SMILES string of the molecule is O=C(NC(CCP(=O)(O)OCCl)C(=O)OCc1ccccc1)OCc1ccc([N+](=O)[O-])cc1. The largest absolute Gasteiger partial charge is 0.459 e. The molecule has 0 spiro atoms. The van der Waals surface area contributed by atoms with Crippen molar-refractivity contribution in [1.29, 1.82) is 0 Å². The first kappa shape index (κ1) is 26.3. The Balaban J connectivity index is 1.96. The Bertz CT molecular complexity index is 989. The second-order valence-corrected chi connectivity index (χ2v) is 8.88. The predicted molar refractivity (Wildman–Crippen MR) is 118 cm³/mol. The lowest BCUT2D eigenvalue weighted by atomic mass is 10.2. The number of rotatable bonds is 12. The minimum absolute atomic E-state index is 0.0648. The van der Waals surface area contributed by atoms with E-state index in [1.54, 1.807) is 30.3 Å². The van der Waals surface area contributed by atoms with E-state index in [0.717, 1.165) is 0 Å². The van der Waals surface area contributed by atoms with Gasteiger partial charge in [0.05, 0.1) is 11.1 Å². The van der Waals surface area contributed by atoms with Gasteiger partial charge < -0.3 is 19.7 Å². The number of esters is 1. The fourth-order valence-electron chi connectivity index (χ4n) is 2.56. The summed E-state index contributed by atoms with van der Waals surface area (Å²) in [4.78, 5) is 44.5. The van der Waals surface area contributed by atoms with E-state index in [0.29, 0.717) is 11.1 Å². The van der Waals surface area contributed by atoms with Crippen molar-refractivity contribution in [3.05, 3.63) is 75.8 Å². The number of ether oxygens (including phenoxy) is 2. The molecule has 2 atom stereocenters. The summed E-state index contributed by atoms with van der Waals surface area (Å²) in [6.07, 6.45) is -1.72. The van der Waals surface area contributed by atoms with Gasteiger partial charge in [-0.25, -0.2) is 9.59 Å². The Kier molecular flexibility index (Phi) is 10.3. The monoisotopic (exact) mass is 500 g/mol. The molecule has 0 aromatic heterocycles. The third-order valence-corrected chi connectivity index (χ3v) is 5.89. The maximum Gasteiger partial charge on any atom is 0.408 e. The Hall–Kier alpha value is -2.98. The van der Waals surface area contributed by atoms with Crippen LogP contribution in [0.25, 0.3) is 0 Å². The summed E-state index contributed by atoms with van der Waals surface area (Å²) in [5.41, 5.74) is 1.08. The summed E-state index contributed by atoms with van der Waals surface area (Å²) < 4.78 is 26.7. The molecule has 0 aliphatic carbocycles. The first-order chi connectivity index (χ1) is 15.7. The zero-order valence-corrected chi connectivity index (χ0v) is 18.9. The van der Waals surface area contributed by atoms with Crippen molar-refractivity contribution in [2.45, 2.75) is 25.7 Å². The first-order valence-electron chi connectivity index (χ1n) is 9.59. The van der Waals surface area contributed by atoms with Crippen LogP contribution in [0.3, 0.4) is 0 Å². The molecule has 0 radical (unpaired) electrons. The van der Waals surface area contributed by atoms with Crippen molar-refractivity contribution < 1.29 is 38.0 Å². The van der Waals surface area contributed by atoms with E-state index in [4.69, 9.17) is 21.1 Å². The van der Waals surface area contributed by atoms with E-state index < -0.39 is 42.9 Å². The van der Waals surface area contributed by atoms with Crippen LogP contribution in [0.1, 0.15) is 17.5 Å². The van der Waals surface area contributed by atoms with Crippen LogP contribution >= 0.6 is 19.2 Å². The van der Waals surface area contributed by atoms with Gasteiger partial charge in [0, 0.05) is 12.1 Å². The molecule has 2 unspecified atom stereocenters. The molecular weight excluding hydrogens is 479 g/mol. The van der Waals surface area contributed by atoms with Crippen LogP contribution in [0.4, 0.5) is 10.5 Å². The topological polar surface area (TPSA) is 154 Å². The van der Waals surface area contributed by atoms with Crippen molar-refractivity contribution in [3.8, 4) is 0 Å². The summed E-state index contributed by atoms with van der Waals surface area (Å²) in [7, 11) is -4.07. The molecule has 33 heavy (non-hydrogen) atoms. The molecule has 0 aliphatic rings. The van der Waals surface area contributed by atoms with Gasteiger partial charge in [0.2, 0.25) is 0 Å². The van der Waals surface area contributed by atoms with Crippen molar-refractivity contribution in [1.82, 2.24) is 5.32 Å². The van der Waals surface area contributed by atoms with Crippen LogP contribution in [-0.2, 0) is 36.6 Å². The van der Waals surface area contributed by atoms with Crippen LogP contribution in [0, 0.1) is 10.1 Å². The molecule has 2 rings (SSSR count). The van der Waals surface area contributed by atoms with Crippen LogP contribution in [0.15, 0.2) is 54.6 Å². The number of alkyl carbamates (subject to hydrolysis) is 1. The van der Waals surface area contributed by atoms with Gasteiger partial charge in [0.1, 0.15) is 25.3 Å². The highest BCUT2D eigenvalue weighted by Crippen LogP contribution is 2.42. The maximum absolute atomic E-state index is 12.5. The molecule has 11 nitrogen and oxygen atoms in total. The molecule has 0 bridgehead atoms. The van der Waals surface area contributed by atoms with Gasteiger partial charge in [0.15, 0.2) is 0 Å². The maximum atomic E-state index is 12.5. The molecule has 1 amide bonds. The summed E-state index contributed by atoms with van der Waals surface area (Å²) in [5, 5.41) is 13.0. The number of non-ortho nitro benzene ring substituents is 1. The Morgan fingerprint density at radius 2 is 1.67 bits per heavy atom. The Labute approximate surface area is 194 Å². The molecular formula is C20H22ClN2O9P. The number of carbonyl (C=O) groups excluding carboxylic acids is 2. The van der Waals surface area contributed by atoms with Gasteiger partial charge in [-0.3, -0.25) is 19.2 Å². The van der Waals surface area contributed by atoms with Crippen molar-refractivity contribution in [2.75, 3.05) is 12.2 Å². The second-order valence-electron chi connectivity index (χ2n) is 6.68. The van der Waals surface area contributed by atoms with Crippen molar-refractivity contribution in [3.63, 3.8) is 0 Å². The third-order valence-electron chi connectivity index (χ3n) is 4.27. The number of nitrogens with one attached hydrogen (secondary N) is 1. The number of amides is 1. The van der Waals surface area contributed by atoms with Crippen molar-refractivity contribution in [2.24, 2.45) is 0 Å². The van der Waals surface area contributed by atoms with Crippen LogP contribution in [0.2, 0.25) is 0 Å². The zero-order chi connectivity index (χ0) is 24.3. The summed E-state index contributed by atoms with van der Waals surface area (Å²) in [6.45, 7) is -0.284. The molecule has 0 saturated carbocycles. The fraction of sp³-hybridized carbons (Fsp3) is 0.300. The van der Waals surface area contributed by atoms with Crippen molar-refractivity contribution >= 4 is 36.9 Å². The number of halogens is 1. The molecule has 0 fully saturated rings.